The van der Waals surface area contributed by atoms with Gasteiger partial charge in [-0.2, -0.15) is 5.26 Å². The molecule has 0 saturated heterocycles. The maximum Gasteiger partial charge on any atom is 0.335 e. The Hall–Kier alpha value is -2.84. The fourth-order valence-corrected chi connectivity index (χ4v) is 2.31. The largest absolute Gasteiger partial charge is 0.478 e. The highest BCUT2D eigenvalue weighted by Gasteiger charge is 2.22. The zero-order chi connectivity index (χ0) is 17.9. The third-order valence-electron chi connectivity index (χ3n) is 3.35. The lowest BCUT2D eigenvalue weighted by Crippen LogP contribution is -2.30. The summed E-state index contributed by atoms with van der Waals surface area (Å²) in [5.41, 5.74) is 0.983. The van der Waals surface area contributed by atoms with Crippen molar-refractivity contribution in [3.05, 3.63) is 58.6 Å². The van der Waals surface area contributed by atoms with E-state index in [2.05, 4.69) is 0 Å². The smallest absolute Gasteiger partial charge is 0.335 e. The molecular weight excluding hydrogens is 328 g/mol. The van der Waals surface area contributed by atoms with E-state index in [1.807, 2.05) is 6.07 Å². The Labute approximate surface area is 144 Å². The number of carbonyl (C=O) groups excluding carboxylic acids is 1. The molecular formula is C18H15ClN2O3. The van der Waals surface area contributed by atoms with E-state index in [1.165, 1.54) is 23.1 Å². The lowest BCUT2D eigenvalue weighted by atomic mass is 10.1. The molecule has 1 amide bonds. The van der Waals surface area contributed by atoms with Crippen LogP contribution in [0.5, 0.6) is 0 Å². The third-order valence-corrected chi connectivity index (χ3v) is 3.60. The molecule has 2 aromatic carbocycles. The summed E-state index contributed by atoms with van der Waals surface area (Å²) in [6, 6.07) is 12.7. The molecule has 5 nitrogen and oxygen atoms in total. The first-order valence-electron chi connectivity index (χ1n) is 7.21. The van der Waals surface area contributed by atoms with Crippen molar-refractivity contribution in [2.24, 2.45) is 5.92 Å². The van der Waals surface area contributed by atoms with Crippen LogP contribution in [0.4, 0.5) is 11.4 Å². The summed E-state index contributed by atoms with van der Waals surface area (Å²) in [5, 5.41) is 18.9. The number of carboxylic acid groups (broad SMARTS) is 1. The normalized spacial score (nSPS) is 10.3. The average molecular weight is 343 g/mol. The number of amides is 1. The summed E-state index contributed by atoms with van der Waals surface area (Å²) in [6.07, 6.45) is 0. The topological polar surface area (TPSA) is 81.4 Å². The van der Waals surface area contributed by atoms with Gasteiger partial charge in [0.15, 0.2) is 0 Å². The number of hydrogen-bond acceptors (Lipinski definition) is 3. The lowest BCUT2D eigenvalue weighted by Gasteiger charge is -2.25. The summed E-state index contributed by atoms with van der Waals surface area (Å²) in [5.74, 6) is -1.70. The standard InChI is InChI=1S/C18H15ClN2O3/c1-11(2)17(22)21(15-5-3-14(19)4-6-15)16-8-12(10-20)7-13(9-16)18(23)24/h3-9,11H,1-2H3,(H,23,24). The van der Waals surface area contributed by atoms with Gasteiger partial charge in [0.1, 0.15) is 0 Å². The minimum absolute atomic E-state index is 0.0560. The maximum absolute atomic E-state index is 12.7. The second kappa shape index (κ2) is 7.16. The molecule has 0 aliphatic carbocycles. The van der Waals surface area contributed by atoms with E-state index in [1.54, 1.807) is 38.1 Å². The predicted molar refractivity (Wildman–Crippen MR) is 91.6 cm³/mol. The number of aromatic carboxylic acids is 1. The zero-order valence-electron chi connectivity index (χ0n) is 13.2. The van der Waals surface area contributed by atoms with E-state index in [9.17, 15) is 14.7 Å². The number of nitrogens with zero attached hydrogens (tertiary/aromatic N) is 2. The molecule has 0 aromatic heterocycles. The fraction of sp³-hybridized carbons (Fsp3) is 0.167. The van der Waals surface area contributed by atoms with Crippen molar-refractivity contribution in [1.82, 2.24) is 0 Å². The molecule has 2 aromatic rings. The number of hydrogen-bond donors (Lipinski definition) is 1. The quantitative estimate of drug-likeness (QED) is 0.901. The molecule has 2 rings (SSSR count). The average Bonchev–Trinajstić information content (AvgIpc) is 2.56. The zero-order valence-corrected chi connectivity index (χ0v) is 13.9. The van der Waals surface area contributed by atoms with E-state index in [0.29, 0.717) is 16.4 Å². The minimum Gasteiger partial charge on any atom is -0.478 e. The van der Waals surface area contributed by atoms with Crippen LogP contribution in [0.1, 0.15) is 29.8 Å². The summed E-state index contributed by atoms with van der Waals surface area (Å²) in [6.45, 7) is 3.50. The van der Waals surface area contributed by atoms with Crippen LogP contribution in [-0.2, 0) is 4.79 Å². The van der Waals surface area contributed by atoms with Crippen LogP contribution in [0.2, 0.25) is 5.02 Å². The summed E-state index contributed by atoms with van der Waals surface area (Å²) >= 11 is 5.89. The van der Waals surface area contributed by atoms with Crippen LogP contribution in [0, 0.1) is 17.2 Å². The van der Waals surface area contributed by atoms with Gasteiger partial charge in [0.2, 0.25) is 5.91 Å². The molecule has 24 heavy (non-hydrogen) atoms. The van der Waals surface area contributed by atoms with E-state index in [0.717, 1.165) is 0 Å². The van der Waals surface area contributed by atoms with Crippen molar-refractivity contribution in [3.63, 3.8) is 0 Å². The number of rotatable bonds is 4. The molecule has 0 fully saturated rings. The number of nitriles is 1. The van der Waals surface area contributed by atoms with Gasteiger partial charge in [0.25, 0.3) is 0 Å². The molecule has 0 saturated carbocycles. The van der Waals surface area contributed by atoms with E-state index in [-0.39, 0.29) is 23.0 Å². The highest BCUT2D eigenvalue weighted by molar-refractivity contribution is 6.30. The van der Waals surface area contributed by atoms with Crippen molar-refractivity contribution in [3.8, 4) is 6.07 Å². The lowest BCUT2D eigenvalue weighted by molar-refractivity contribution is -0.120. The molecule has 0 heterocycles. The van der Waals surface area contributed by atoms with E-state index in [4.69, 9.17) is 16.9 Å². The van der Waals surface area contributed by atoms with Gasteiger partial charge in [0, 0.05) is 16.6 Å². The highest BCUT2D eigenvalue weighted by Crippen LogP contribution is 2.30. The number of carboxylic acids is 1. The Morgan fingerprint density at radius 2 is 1.75 bits per heavy atom. The molecule has 0 unspecified atom stereocenters. The Bertz CT molecular complexity index is 823. The van der Waals surface area contributed by atoms with Crippen LogP contribution in [0.25, 0.3) is 0 Å². The Balaban J connectivity index is 2.65. The molecule has 1 N–H and O–H groups in total. The molecule has 0 radical (unpaired) electrons. The van der Waals surface area contributed by atoms with Crippen molar-refractivity contribution >= 4 is 34.9 Å². The molecule has 122 valence electrons. The summed E-state index contributed by atoms with van der Waals surface area (Å²) in [7, 11) is 0. The van der Waals surface area contributed by atoms with Gasteiger partial charge in [0.05, 0.1) is 22.9 Å². The first kappa shape index (κ1) is 17.5. The number of benzene rings is 2. The number of carbonyl (C=O) groups is 2. The SMILES string of the molecule is CC(C)C(=O)N(c1ccc(Cl)cc1)c1cc(C#N)cc(C(=O)O)c1. The van der Waals surface area contributed by atoms with E-state index < -0.39 is 5.97 Å². The van der Waals surface area contributed by atoms with Gasteiger partial charge >= 0.3 is 5.97 Å². The van der Waals surface area contributed by atoms with Crippen LogP contribution >= 0.6 is 11.6 Å². The first-order valence-corrected chi connectivity index (χ1v) is 7.59. The number of halogens is 1. The molecule has 0 aliphatic heterocycles. The van der Waals surface area contributed by atoms with E-state index >= 15 is 0 Å². The molecule has 0 aliphatic rings. The Kier molecular flexibility index (Phi) is 5.22. The molecule has 0 atom stereocenters. The second-order valence-corrected chi connectivity index (χ2v) is 5.93. The van der Waals surface area contributed by atoms with Crippen molar-refractivity contribution in [2.75, 3.05) is 4.90 Å². The summed E-state index contributed by atoms with van der Waals surface area (Å²) < 4.78 is 0. The first-order chi connectivity index (χ1) is 11.3. The molecule has 6 heteroatoms. The van der Waals surface area contributed by atoms with Gasteiger partial charge in [-0.1, -0.05) is 25.4 Å². The molecule has 0 spiro atoms. The highest BCUT2D eigenvalue weighted by atomic mass is 35.5. The van der Waals surface area contributed by atoms with Gasteiger partial charge in [-0.25, -0.2) is 4.79 Å². The Morgan fingerprint density at radius 3 is 2.25 bits per heavy atom. The van der Waals surface area contributed by atoms with Gasteiger partial charge in [-0.05, 0) is 42.5 Å². The maximum atomic E-state index is 12.7. The van der Waals surface area contributed by atoms with Crippen LogP contribution in [0.3, 0.4) is 0 Å². The fourth-order valence-electron chi connectivity index (χ4n) is 2.18. The van der Waals surface area contributed by atoms with Crippen molar-refractivity contribution in [1.29, 1.82) is 5.26 Å². The summed E-state index contributed by atoms with van der Waals surface area (Å²) in [4.78, 5) is 25.4. The minimum atomic E-state index is -1.17. The number of anilines is 2. The van der Waals surface area contributed by atoms with Crippen molar-refractivity contribution < 1.29 is 14.7 Å². The third kappa shape index (κ3) is 3.73. The monoisotopic (exact) mass is 342 g/mol. The van der Waals surface area contributed by atoms with Crippen molar-refractivity contribution in [2.45, 2.75) is 13.8 Å². The van der Waals surface area contributed by atoms with Crippen LogP contribution in [-0.4, -0.2) is 17.0 Å². The second-order valence-electron chi connectivity index (χ2n) is 5.49. The van der Waals surface area contributed by atoms with Gasteiger partial charge in [-0.3, -0.25) is 9.69 Å². The molecule has 0 bridgehead atoms. The van der Waals surface area contributed by atoms with Gasteiger partial charge in [-0.15, -0.1) is 0 Å². The predicted octanol–water partition coefficient (Wildman–Crippen LogP) is 4.23. The van der Waals surface area contributed by atoms with Crippen LogP contribution in [0.15, 0.2) is 42.5 Å². The van der Waals surface area contributed by atoms with Gasteiger partial charge < -0.3 is 5.11 Å². The Morgan fingerprint density at radius 1 is 1.12 bits per heavy atom. The van der Waals surface area contributed by atoms with Crippen LogP contribution < -0.4 is 4.90 Å².